The summed E-state index contributed by atoms with van der Waals surface area (Å²) >= 11 is 0. The Morgan fingerprint density at radius 2 is 0.812 bits per heavy atom. The van der Waals surface area contributed by atoms with Crippen LogP contribution >= 0.6 is 0 Å². The van der Waals surface area contributed by atoms with Crippen LogP contribution in [-0.2, 0) is 12.8 Å². The van der Waals surface area contributed by atoms with Crippen molar-refractivity contribution in [1.82, 2.24) is 0 Å². The van der Waals surface area contributed by atoms with Crippen molar-refractivity contribution in [2.45, 2.75) is 12.8 Å². The number of rotatable bonds is 13. The number of ether oxygens (including phenoxy) is 6. The van der Waals surface area contributed by atoms with E-state index >= 15 is 0 Å². The van der Waals surface area contributed by atoms with Gasteiger partial charge < -0.3 is 38.6 Å². The van der Waals surface area contributed by atoms with Gasteiger partial charge >= 0.3 is 0 Å². The summed E-state index contributed by atoms with van der Waals surface area (Å²) in [6.07, 6.45) is 1.03. The van der Waals surface area contributed by atoms with Crippen LogP contribution in [0.15, 0.2) is 24.3 Å². The molecule has 0 saturated heterocycles. The van der Waals surface area contributed by atoms with Gasteiger partial charge in [0, 0.05) is 13.2 Å². The summed E-state index contributed by atoms with van der Waals surface area (Å²) in [5.74, 6) is 2.79. The minimum absolute atomic E-state index is 0.0910. The van der Waals surface area contributed by atoms with Gasteiger partial charge in [-0.2, -0.15) is 0 Å². The van der Waals surface area contributed by atoms with Gasteiger partial charge in [0.05, 0.1) is 42.7 Å². The summed E-state index contributed by atoms with van der Waals surface area (Å²) in [6.45, 7) is -0.182. The van der Waals surface area contributed by atoms with Crippen molar-refractivity contribution in [3.05, 3.63) is 35.4 Å². The molecule has 0 aliphatic heterocycles. The number of methoxy groups -OCH3 is 6. The molecule has 2 aromatic rings. The van der Waals surface area contributed by atoms with E-state index in [2.05, 4.69) is 0 Å². The molecule has 0 aromatic heterocycles. The smallest absolute Gasteiger partial charge is 0.203 e. The van der Waals surface area contributed by atoms with Gasteiger partial charge in [-0.3, -0.25) is 0 Å². The van der Waals surface area contributed by atoms with E-state index in [9.17, 15) is 10.2 Å². The predicted octanol–water partition coefficient (Wildman–Crippen LogP) is 2.74. The summed E-state index contributed by atoms with van der Waals surface area (Å²) < 4.78 is 32.5. The summed E-state index contributed by atoms with van der Waals surface area (Å²) in [5, 5.41) is 20.3. The lowest BCUT2D eigenvalue weighted by molar-refractivity contribution is 0.119. The van der Waals surface area contributed by atoms with E-state index in [1.807, 2.05) is 24.3 Å². The van der Waals surface area contributed by atoms with Gasteiger partial charge in [0.1, 0.15) is 0 Å². The van der Waals surface area contributed by atoms with Gasteiger partial charge in [0.15, 0.2) is 23.0 Å². The van der Waals surface area contributed by atoms with Gasteiger partial charge in [-0.15, -0.1) is 0 Å². The average Bonchev–Trinajstić information content (AvgIpc) is 2.84. The van der Waals surface area contributed by atoms with Gasteiger partial charge in [-0.05, 0) is 60.1 Å². The minimum Gasteiger partial charge on any atom is -0.493 e. The highest BCUT2D eigenvalue weighted by Crippen LogP contribution is 2.41. The maximum atomic E-state index is 10.1. The lowest BCUT2D eigenvalue weighted by atomic mass is 9.83. The summed E-state index contributed by atoms with van der Waals surface area (Å²) in [6, 6.07) is 7.44. The summed E-state index contributed by atoms with van der Waals surface area (Å²) in [5.41, 5.74) is 1.81. The number of aliphatic hydroxyl groups excluding tert-OH is 2. The third-order valence-electron chi connectivity index (χ3n) is 5.58. The minimum atomic E-state index is -0.207. The first-order chi connectivity index (χ1) is 15.5. The lowest BCUT2D eigenvalue weighted by Gasteiger charge is -2.25. The van der Waals surface area contributed by atoms with E-state index in [1.165, 1.54) is 0 Å². The zero-order valence-electron chi connectivity index (χ0n) is 19.6. The Morgan fingerprint density at radius 1 is 0.531 bits per heavy atom. The van der Waals surface area contributed by atoms with Crippen LogP contribution in [0.4, 0.5) is 0 Å². The Hall–Kier alpha value is -2.84. The normalized spacial score (nSPS) is 12.6. The number of hydrogen-bond acceptors (Lipinski definition) is 8. The standard InChI is InChI=1S/C24H34O8/c1-27-19-9-15(10-20(28-2)23(19)31-5)7-17(13-25)18(14-26)8-16-11-21(29-3)24(32-6)22(12-16)30-4/h9-12,17-18,25-26H,7-8,13-14H2,1-6H3. The van der Waals surface area contributed by atoms with Crippen molar-refractivity contribution in [2.75, 3.05) is 55.9 Å². The van der Waals surface area contributed by atoms with Gasteiger partial charge in [-0.1, -0.05) is 0 Å². The Balaban J connectivity index is 2.32. The highest BCUT2D eigenvalue weighted by molar-refractivity contribution is 5.55. The monoisotopic (exact) mass is 450 g/mol. The molecule has 2 N–H and O–H groups in total. The summed E-state index contributed by atoms with van der Waals surface area (Å²) in [7, 11) is 9.35. The largest absolute Gasteiger partial charge is 0.493 e. The number of hydrogen-bond donors (Lipinski definition) is 2. The fraction of sp³-hybridized carbons (Fsp3) is 0.500. The summed E-state index contributed by atoms with van der Waals surface area (Å²) in [4.78, 5) is 0. The molecule has 0 amide bonds. The molecule has 2 unspecified atom stereocenters. The predicted molar refractivity (Wildman–Crippen MR) is 121 cm³/mol. The molecule has 8 nitrogen and oxygen atoms in total. The molecule has 0 fully saturated rings. The zero-order valence-corrected chi connectivity index (χ0v) is 19.6. The molecule has 0 aliphatic carbocycles. The number of benzene rings is 2. The van der Waals surface area contributed by atoms with Crippen LogP contribution < -0.4 is 28.4 Å². The lowest BCUT2D eigenvalue weighted by Crippen LogP contribution is -2.26. The molecule has 32 heavy (non-hydrogen) atoms. The van der Waals surface area contributed by atoms with E-state index < -0.39 is 0 Å². The second-order valence-corrected chi connectivity index (χ2v) is 7.36. The van der Waals surface area contributed by atoms with Crippen molar-refractivity contribution in [3.8, 4) is 34.5 Å². The molecule has 2 aromatic carbocycles. The third kappa shape index (κ3) is 5.69. The molecule has 2 atom stereocenters. The molecular weight excluding hydrogens is 416 g/mol. The van der Waals surface area contributed by atoms with Crippen molar-refractivity contribution in [2.24, 2.45) is 11.8 Å². The highest BCUT2D eigenvalue weighted by atomic mass is 16.5. The Labute approximate surface area is 189 Å². The average molecular weight is 451 g/mol. The molecule has 178 valence electrons. The second-order valence-electron chi connectivity index (χ2n) is 7.36. The van der Waals surface area contributed by atoms with Crippen LogP contribution in [0, 0.1) is 11.8 Å². The quantitative estimate of drug-likeness (QED) is 0.481. The van der Waals surface area contributed by atoms with Crippen molar-refractivity contribution >= 4 is 0 Å². The van der Waals surface area contributed by atoms with Crippen LogP contribution in [0.5, 0.6) is 34.5 Å². The highest BCUT2D eigenvalue weighted by Gasteiger charge is 2.24. The molecule has 0 spiro atoms. The van der Waals surface area contributed by atoms with Crippen LogP contribution in [0.3, 0.4) is 0 Å². The maximum absolute atomic E-state index is 10.1. The molecule has 0 saturated carbocycles. The van der Waals surface area contributed by atoms with E-state index in [-0.39, 0.29) is 25.0 Å². The third-order valence-corrected chi connectivity index (χ3v) is 5.58. The SMILES string of the molecule is COc1cc(CC(CO)C(CO)Cc2cc(OC)c(OC)c(OC)c2)cc(OC)c1OC. The molecule has 0 aliphatic rings. The van der Waals surface area contributed by atoms with E-state index in [1.54, 1.807) is 42.7 Å². The van der Waals surface area contributed by atoms with Crippen LogP contribution in [-0.4, -0.2) is 66.1 Å². The molecule has 2 rings (SSSR count). The van der Waals surface area contributed by atoms with Crippen LogP contribution in [0.1, 0.15) is 11.1 Å². The molecule has 8 heteroatoms. The first kappa shape index (κ1) is 25.4. The van der Waals surface area contributed by atoms with Gasteiger partial charge in [0.2, 0.25) is 11.5 Å². The first-order valence-corrected chi connectivity index (χ1v) is 10.3. The Morgan fingerprint density at radius 3 is 1.00 bits per heavy atom. The zero-order chi connectivity index (χ0) is 23.7. The fourth-order valence-corrected chi connectivity index (χ4v) is 3.87. The molecular formula is C24H34O8. The second kappa shape index (κ2) is 12.3. The van der Waals surface area contributed by atoms with Crippen molar-refractivity contribution < 1.29 is 38.6 Å². The molecule has 0 radical (unpaired) electrons. The fourth-order valence-electron chi connectivity index (χ4n) is 3.87. The van der Waals surface area contributed by atoms with E-state index in [0.717, 1.165) is 11.1 Å². The maximum Gasteiger partial charge on any atom is 0.203 e. The topological polar surface area (TPSA) is 95.8 Å². The van der Waals surface area contributed by atoms with E-state index in [0.29, 0.717) is 47.3 Å². The van der Waals surface area contributed by atoms with Crippen LogP contribution in [0.25, 0.3) is 0 Å². The number of aliphatic hydroxyl groups is 2. The van der Waals surface area contributed by atoms with Crippen molar-refractivity contribution in [1.29, 1.82) is 0 Å². The van der Waals surface area contributed by atoms with E-state index in [4.69, 9.17) is 28.4 Å². The van der Waals surface area contributed by atoms with Crippen LogP contribution in [0.2, 0.25) is 0 Å². The Bertz CT molecular complexity index is 746. The van der Waals surface area contributed by atoms with Crippen molar-refractivity contribution in [3.63, 3.8) is 0 Å². The van der Waals surface area contributed by atoms with Gasteiger partial charge in [-0.25, -0.2) is 0 Å². The molecule has 0 bridgehead atoms. The molecule has 0 heterocycles. The Kier molecular flexibility index (Phi) is 9.74. The first-order valence-electron chi connectivity index (χ1n) is 10.3. The van der Waals surface area contributed by atoms with Gasteiger partial charge in [0.25, 0.3) is 0 Å².